The molecule has 0 fully saturated rings. The van der Waals surface area contributed by atoms with Crippen molar-refractivity contribution < 1.29 is 9.53 Å². The molecule has 0 bridgehead atoms. The molecule has 0 spiro atoms. The van der Waals surface area contributed by atoms with E-state index in [2.05, 4.69) is 21.8 Å². The molecule has 0 saturated heterocycles. The number of hydrogen-bond acceptors (Lipinski definition) is 4. The number of amides is 1. The van der Waals surface area contributed by atoms with Crippen LogP contribution in [0.3, 0.4) is 0 Å². The fourth-order valence-corrected chi connectivity index (χ4v) is 2.49. The molecular weight excluding hydrogens is 328 g/mol. The summed E-state index contributed by atoms with van der Waals surface area (Å²) in [5, 5.41) is 10.1. The second-order valence-corrected chi connectivity index (χ2v) is 5.51. The van der Waals surface area contributed by atoms with Crippen LogP contribution in [-0.4, -0.2) is 36.4 Å². The molecule has 2 rings (SSSR count). The van der Waals surface area contributed by atoms with Gasteiger partial charge < -0.3 is 15.4 Å². The summed E-state index contributed by atoms with van der Waals surface area (Å²) in [6.07, 6.45) is 4.29. The molecular formula is C17H25ClN4O2. The van der Waals surface area contributed by atoms with Crippen LogP contribution in [0.4, 0.5) is 0 Å². The Hall–Kier alpha value is -2.05. The molecule has 0 aliphatic rings. The highest BCUT2D eigenvalue weighted by Gasteiger charge is 2.19. The van der Waals surface area contributed by atoms with Crippen LogP contribution in [0.2, 0.25) is 0 Å². The van der Waals surface area contributed by atoms with Crippen LogP contribution in [0, 0.1) is 6.92 Å². The second-order valence-electron chi connectivity index (χ2n) is 5.51. The number of carbonyl (C=O) groups is 1. The Balaban J connectivity index is 0.00000288. The van der Waals surface area contributed by atoms with E-state index in [1.165, 1.54) is 0 Å². The van der Waals surface area contributed by atoms with Gasteiger partial charge in [0.05, 0.1) is 13.3 Å². The lowest BCUT2D eigenvalue weighted by atomic mass is 10.1. The number of benzene rings is 1. The first-order valence-corrected chi connectivity index (χ1v) is 7.62. The van der Waals surface area contributed by atoms with Crippen LogP contribution in [0.1, 0.15) is 22.7 Å². The van der Waals surface area contributed by atoms with Crippen molar-refractivity contribution >= 4 is 18.3 Å². The molecule has 0 aliphatic carbocycles. The quantitative estimate of drug-likeness (QED) is 0.797. The number of ether oxygens (including phenoxy) is 1. The summed E-state index contributed by atoms with van der Waals surface area (Å²) in [5.74, 6) is 0.817. The molecule has 0 radical (unpaired) electrons. The molecule has 7 heteroatoms. The molecule has 2 aromatic rings. The molecule has 0 saturated carbocycles. The molecule has 0 aliphatic heterocycles. The number of methoxy groups -OCH3 is 1. The molecule has 132 valence electrons. The summed E-state index contributed by atoms with van der Waals surface area (Å²) in [6.45, 7) is 2.58. The van der Waals surface area contributed by atoms with Crippen LogP contribution in [0.25, 0.3) is 0 Å². The second kappa shape index (κ2) is 9.30. The van der Waals surface area contributed by atoms with Gasteiger partial charge in [-0.05, 0) is 37.6 Å². The van der Waals surface area contributed by atoms with E-state index < -0.39 is 6.04 Å². The highest BCUT2D eigenvalue weighted by atomic mass is 35.5. The minimum absolute atomic E-state index is 0. The Labute approximate surface area is 149 Å². The fourth-order valence-electron chi connectivity index (χ4n) is 2.49. The fraction of sp³-hybridized carbons (Fsp3) is 0.412. The zero-order chi connectivity index (χ0) is 16.8. The van der Waals surface area contributed by atoms with E-state index in [1.807, 2.05) is 32.3 Å². The first kappa shape index (κ1) is 20.0. The number of rotatable bonds is 7. The first-order chi connectivity index (χ1) is 11.0. The third-order valence-electron chi connectivity index (χ3n) is 3.79. The van der Waals surface area contributed by atoms with Crippen molar-refractivity contribution in [3.63, 3.8) is 0 Å². The lowest BCUT2D eigenvalue weighted by molar-refractivity contribution is -0.123. The maximum Gasteiger partial charge on any atom is 0.241 e. The molecule has 6 nitrogen and oxygen atoms in total. The summed E-state index contributed by atoms with van der Waals surface area (Å²) in [6, 6.07) is 5.71. The summed E-state index contributed by atoms with van der Waals surface area (Å²) < 4.78 is 7.01. The Kier molecular flexibility index (Phi) is 7.74. The average molecular weight is 353 g/mol. The number of aromatic nitrogens is 2. The number of aryl methyl sites for hydroxylation is 2. The summed E-state index contributed by atoms with van der Waals surface area (Å²) in [4.78, 5) is 12.3. The monoisotopic (exact) mass is 352 g/mol. The van der Waals surface area contributed by atoms with Gasteiger partial charge >= 0.3 is 0 Å². The van der Waals surface area contributed by atoms with Gasteiger partial charge in [0.2, 0.25) is 5.91 Å². The van der Waals surface area contributed by atoms with Crippen molar-refractivity contribution in [1.82, 2.24) is 20.4 Å². The number of halogens is 1. The van der Waals surface area contributed by atoms with Crippen LogP contribution in [0.15, 0.2) is 30.6 Å². The Bertz CT molecular complexity index is 672. The molecule has 1 unspecified atom stereocenters. The lowest BCUT2D eigenvalue weighted by Gasteiger charge is -2.15. The van der Waals surface area contributed by atoms with Crippen molar-refractivity contribution in [1.29, 1.82) is 0 Å². The predicted octanol–water partition coefficient (Wildman–Crippen LogP) is 1.78. The third kappa shape index (κ3) is 4.97. The first-order valence-electron chi connectivity index (χ1n) is 7.62. The van der Waals surface area contributed by atoms with Gasteiger partial charge in [-0.3, -0.25) is 9.48 Å². The van der Waals surface area contributed by atoms with Gasteiger partial charge in [-0.2, -0.15) is 5.10 Å². The van der Waals surface area contributed by atoms with Gasteiger partial charge in [-0.1, -0.05) is 12.1 Å². The highest BCUT2D eigenvalue weighted by Crippen LogP contribution is 2.19. The number of nitrogens with one attached hydrogen (secondary N) is 2. The minimum Gasteiger partial charge on any atom is -0.496 e. The van der Waals surface area contributed by atoms with Crippen LogP contribution in [0.5, 0.6) is 5.75 Å². The smallest absolute Gasteiger partial charge is 0.241 e. The standard InChI is InChI=1S/C17H24N4O2.ClH/c1-12-5-6-13(9-15(12)23-4)7-8-19-17(22)16(18-2)14-10-20-21(3)11-14;/h5-6,9-11,16,18H,7-8H2,1-4H3,(H,19,22);1H. The van der Waals surface area contributed by atoms with E-state index >= 15 is 0 Å². The van der Waals surface area contributed by atoms with Crippen LogP contribution < -0.4 is 15.4 Å². The summed E-state index contributed by atoms with van der Waals surface area (Å²) in [5.41, 5.74) is 3.09. The van der Waals surface area contributed by atoms with Gasteiger partial charge in [0.1, 0.15) is 11.8 Å². The number of likely N-dealkylation sites (N-methyl/N-ethyl adjacent to an activating group) is 1. The maximum atomic E-state index is 12.3. The molecule has 24 heavy (non-hydrogen) atoms. The average Bonchev–Trinajstić information content (AvgIpc) is 2.96. The Morgan fingerprint density at radius 1 is 1.42 bits per heavy atom. The van der Waals surface area contributed by atoms with Gasteiger partial charge in [0.15, 0.2) is 0 Å². The van der Waals surface area contributed by atoms with E-state index in [4.69, 9.17) is 4.74 Å². The predicted molar refractivity (Wildman–Crippen MR) is 96.7 cm³/mol. The zero-order valence-corrected chi connectivity index (χ0v) is 15.3. The normalized spacial score (nSPS) is 11.5. The van der Waals surface area contributed by atoms with Crippen molar-refractivity contribution in [3.05, 3.63) is 47.3 Å². The van der Waals surface area contributed by atoms with Gasteiger partial charge in [0.25, 0.3) is 0 Å². The number of hydrogen-bond donors (Lipinski definition) is 2. The Morgan fingerprint density at radius 3 is 2.75 bits per heavy atom. The lowest BCUT2D eigenvalue weighted by Crippen LogP contribution is -2.36. The topological polar surface area (TPSA) is 68.2 Å². The Morgan fingerprint density at radius 2 is 2.17 bits per heavy atom. The summed E-state index contributed by atoms with van der Waals surface area (Å²) in [7, 11) is 5.26. The molecule has 1 heterocycles. The highest BCUT2D eigenvalue weighted by molar-refractivity contribution is 5.85. The zero-order valence-electron chi connectivity index (χ0n) is 14.5. The van der Waals surface area contributed by atoms with E-state index in [0.717, 1.165) is 28.9 Å². The maximum absolute atomic E-state index is 12.3. The minimum atomic E-state index is -0.392. The van der Waals surface area contributed by atoms with Crippen LogP contribution >= 0.6 is 12.4 Å². The van der Waals surface area contributed by atoms with Crippen molar-refractivity contribution in [3.8, 4) is 5.75 Å². The molecule has 1 amide bonds. The van der Waals surface area contributed by atoms with E-state index in [1.54, 1.807) is 25.0 Å². The summed E-state index contributed by atoms with van der Waals surface area (Å²) >= 11 is 0. The van der Waals surface area contributed by atoms with Crippen molar-refractivity contribution in [2.75, 3.05) is 20.7 Å². The van der Waals surface area contributed by atoms with Gasteiger partial charge in [0, 0.05) is 25.4 Å². The largest absolute Gasteiger partial charge is 0.496 e. The number of nitrogens with zero attached hydrogens (tertiary/aromatic N) is 2. The van der Waals surface area contributed by atoms with Gasteiger partial charge in [-0.15, -0.1) is 12.4 Å². The van der Waals surface area contributed by atoms with Crippen molar-refractivity contribution in [2.24, 2.45) is 7.05 Å². The van der Waals surface area contributed by atoms with E-state index in [9.17, 15) is 4.79 Å². The molecule has 1 aromatic carbocycles. The molecule has 2 N–H and O–H groups in total. The third-order valence-corrected chi connectivity index (χ3v) is 3.79. The number of carbonyl (C=O) groups excluding carboxylic acids is 1. The molecule has 1 aromatic heterocycles. The molecule has 1 atom stereocenters. The van der Waals surface area contributed by atoms with Crippen molar-refractivity contribution in [2.45, 2.75) is 19.4 Å². The van der Waals surface area contributed by atoms with E-state index in [-0.39, 0.29) is 18.3 Å². The SMILES string of the molecule is CNC(C(=O)NCCc1ccc(C)c(OC)c1)c1cnn(C)c1.Cl. The van der Waals surface area contributed by atoms with Gasteiger partial charge in [-0.25, -0.2) is 0 Å². The van der Waals surface area contributed by atoms with E-state index in [0.29, 0.717) is 6.54 Å². The van der Waals surface area contributed by atoms with Crippen LogP contribution in [-0.2, 0) is 18.3 Å².